The fraction of sp³-hybridized carbons (Fsp3) is 0.182. The lowest BCUT2D eigenvalue weighted by atomic mass is 10.2. The Morgan fingerprint density at radius 2 is 1.93 bits per heavy atom. The number of pyridine rings is 1. The van der Waals surface area contributed by atoms with Crippen LogP contribution in [0.3, 0.4) is 0 Å². The molecule has 3 heterocycles. The minimum atomic E-state index is -0.366. The van der Waals surface area contributed by atoms with Crippen LogP contribution in [-0.4, -0.2) is 30.9 Å². The minimum absolute atomic E-state index is 0.0905. The molecule has 3 aromatic heterocycles. The van der Waals surface area contributed by atoms with Crippen LogP contribution in [0.2, 0.25) is 0 Å². The molecule has 0 radical (unpaired) electrons. The average Bonchev–Trinajstić information content (AvgIpc) is 3.41. The predicted molar refractivity (Wildman–Crippen MR) is 116 cm³/mol. The number of carbonyl (C=O) groups is 1. The third-order valence-corrected chi connectivity index (χ3v) is 5.68. The highest BCUT2D eigenvalue weighted by Gasteiger charge is 2.22. The monoisotopic (exact) mass is 419 g/mol. The number of hydrogen-bond acceptors (Lipinski definition) is 6. The van der Waals surface area contributed by atoms with Gasteiger partial charge in [-0.05, 0) is 49.7 Å². The van der Waals surface area contributed by atoms with E-state index in [1.807, 2.05) is 66.9 Å². The fourth-order valence-electron chi connectivity index (χ4n) is 2.95. The summed E-state index contributed by atoms with van der Waals surface area (Å²) in [5.41, 5.74) is 2.72. The van der Waals surface area contributed by atoms with Crippen molar-refractivity contribution in [2.24, 2.45) is 0 Å². The largest absolute Gasteiger partial charge is 0.467 e. The van der Waals surface area contributed by atoms with Crippen LogP contribution in [0, 0.1) is 6.92 Å². The van der Waals surface area contributed by atoms with Gasteiger partial charge in [-0.1, -0.05) is 30.0 Å². The Hall–Kier alpha value is -3.39. The Morgan fingerprint density at radius 1 is 1.13 bits per heavy atom. The number of furan rings is 1. The average molecular weight is 420 g/mol. The number of hydrogen-bond donors (Lipinski definition) is 1. The Bertz CT molecular complexity index is 1130. The van der Waals surface area contributed by atoms with Crippen LogP contribution >= 0.6 is 11.8 Å². The molecule has 1 amide bonds. The first-order chi connectivity index (χ1) is 14.6. The molecule has 8 heteroatoms. The molecule has 30 heavy (non-hydrogen) atoms. The maximum absolute atomic E-state index is 12.8. The number of nitrogens with one attached hydrogen (secondary N) is 1. The summed E-state index contributed by atoms with van der Waals surface area (Å²) < 4.78 is 7.47. The van der Waals surface area contributed by atoms with E-state index in [2.05, 4.69) is 20.5 Å². The normalized spacial score (nSPS) is 11.9. The molecule has 1 N–H and O–H groups in total. The molecule has 0 aliphatic heterocycles. The molecule has 0 saturated heterocycles. The molecule has 1 unspecified atom stereocenters. The minimum Gasteiger partial charge on any atom is -0.467 e. The molecular formula is C22H21N5O2S. The zero-order chi connectivity index (χ0) is 20.9. The van der Waals surface area contributed by atoms with Gasteiger partial charge >= 0.3 is 0 Å². The zero-order valence-electron chi connectivity index (χ0n) is 16.6. The van der Waals surface area contributed by atoms with E-state index >= 15 is 0 Å². The molecule has 152 valence electrons. The van der Waals surface area contributed by atoms with Gasteiger partial charge in [0.05, 0.1) is 18.1 Å². The lowest BCUT2D eigenvalue weighted by Gasteiger charge is -2.14. The van der Waals surface area contributed by atoms with Crippen molar-refractivity contribution in [2.45, 2.75) is 30.8 Å². The number of rotatable bonds is 7. The van der Waals surface area contributed by atoms with E-state index in [-0.39, 0.29) is 11.2 Å². The molecule has 0 aliphatic carbocycles. The molecule has 0 spiro atoms. The fourth-order valence-corrected chi connectivity index (χ4v) is 3.80. The quantitative estimate of drug-likeness (QED) is 0.447. The second-order valence-corrected chi connectivity index (χ2v) is 8.08. The van der Waals surface area contributed by atoms with Gasteiger partial charge < -0.3 is 9.73 Å². The van der Waals surface area contributed by atoms with Gasteiger partial charge in [0.2, 0.25) is 5.91 Å². The van der Waals surface area contributed by atoms with Gasteiger partial charge in [-0.3, -0.25) is 14.3 Å². The van der Waals surface area contributed by atoms with Crippen molar-refractivity contribution < 1.29 is 9.21 Å². The number of anilines is 1. The van der Waals surface area contributed by atoms with Crippen molar-refractivity contribution >= 4 is 23.4 Å². The highest BCUT2D eigenvalue weighted by molar-refractivity contribution is 8.00. The molecule has 1 aromatic carbocycles. The Kier molecular flexibility index (Phi) is 5.94. The van der Waals surface area contributed by atoms with Gasteiger partial charge in [-0.2, -0.15) is 0 Å². The van der Waals surface area contributed by atoms with Gasteiger partial charge in [0.1, 0.15) is 5.76 Å². The van der Waals surface area contributed by atoms with Crippen LogP contribution in [-0.2, 0) is 11.3 Å². The highest BCUT2D eigenvalue weighted by Crippen LogP contribution is 2.28. The van der Waals surface area contributed by atoms with Crippen molar-refractivity contribution in [3.63, 3.8) is 0 Å². The molecule has 0 fully saturated rings. The van der Waals surface area contributed by atoms with Crippen molar-refractivity contribution in [1.29, 1.82) is 0 Å². The summed E-state index contributed by atoms with van der Waals surface area (Å²) in [5, 5.41) is 12.0. The second-order valence-electron chi connectivity index (χ2n) is 6.77. The van der Waals surface area contributed by atoms with E-state index in [4.69, 9.17) is 4.42 Å². The molecule has 0 aliphatic rings. The maximum Gasteiger partial charge on any atom is 0.237 e. The first kappa shape index (κ1) is 19.9. The SMILES string of the molecule is Cc1ccccc1NC(=O)C(C)Sc1nnc(-c2ccncc2)n1Cc1ccco1. The first-order valence-corrected chi connectivity index (χ1v) is 10.4. The Morgan fingerprint density at radius 3 is 2.67 bits per heavy atom. The Labute approximate surface area is 178 Å². The standard InChI is InChI=1S/C22H21N5O2S/c1-15-6-3-4-8-19(15)24-21(28)16(2)30-22-26-25-20(17-9-11-23-12-10-17)27(22)14-18-7-5-13-29-18/h3-13,16H,14H2,1-2H3,(H,24,28). The number of amides is 1. The summed E-state index contributed by atoms with van der Waals surface area (Å²) in [7, 11) is 0. The highest BCUT2D eigenvalue weighted by atomic mass is 32.2. The summed E-state index contributed by atoms with van der Waals surface area (Å²) in [4.78, 5) is 16.8. The van der Waals surface area contributed by atoms with Gasteiger partial charge in [0.25, 0.3) is 0 Å². The summed E-state index contributed by atoms with van der Waals surface area (Å²) in [6.45, 7) is 4.29. The van der Waals surface area contributed by atoms with Gasteiger partial charge in [-0.15, -0.1) is 10.2 Å². The van der Waals surface area contributed by atoms with E-state index in [0.717, 1.165) is 22.6 Å². The summed E-state index contributed by atoms with van der Waals surface area (Å²) in [6, 6.07) is 15.2. The van der Waals surface area contributed by atoms with Crippen LogP contribution in [0.25, 0.3) is 11.4 Å². The number of thioether (sulfide) groups is 1. The number of benzene rings is 1. The topological polar surface area (TPSA) is 85.8 Å². The summed E-state index contributed by atoms with van der Waals surface area (Å²) >= 11 is 1.36. The van der Waals surface area contributed by atoms with E-state index in [9.17, 15) is 4.79 Å². The van der Waals surface area contributed by atoms with Crippen molar-refractivity contribution in [3.05, 3.63) is 78.5 Å². The number of para-hydroxylation sites is 1. The van der Waals surface area contributed by atoms with E-state index < -0.39 is 0 Å². The molecule has 1 atom stereocenters. The summed E-state index contributed by atoms with van der Waals surface area (Å²) in [5.74, 6) is 1.39. The lowest BCUT2D eigenvalue weighted by molar-refractivity contribution is -0.115. The second kappa shape index (κ2) is 8.96. The van der Waals surface area contributed by atoms with Crippen molar-refractivity contribution in [2.75, 3.05) is 5.32 Å². The molecule has 4 aromatic rings. The number of nitrogens with zero attached hydrogens (tertiary/aromatic N) is 4. The predicted octanol–water partition coefficient (Wildman–Crippen LogP) is 4.41. The van der Waals surface area contributed by atoms with Crippen LogP contribution in [0.4, 0.5) is 5.69 Å². The molecular weight excluding hydrogens is 398 g/mol. The van der Waals surface area contributed by atoms with Crippen LogP contribution in [0.1, 0.15) is 18.2 Å². The van der Waals surface area contributed by atoms with Gasteiger partial charge in [0.15, 0.2) is 11.0 Å². The first-order valence-electron chi connectivity index (χ1n) is 9.51. The third-order valence-electron chi connectivity index (χ3n) is 4.60. The lowest BCUT2D eigenvalue weighted by Crippen LogP contribution is -2.23. The molecule has 4 rings (SSSR count). The van der Waals surface area contributed by atoms with E-state index in [1.165, 1.54) is 11.8 Å². The number of carbonyl (C=O) groups excluding carboxylic acids is 1. The number of aromatic nitrogens is 4. The van der Waals surface area contributed by atoms with Crippen LogP contribution in [0.15, 0.2) is 76.8 Å². The molecule has 0 bridgehead atoms. The van der Waals surface area contributed by atoms with E-state index in [0.29, 0.717) is 17.5 Å². The van der Waals surface area contributed by atoms with Gasteiger partial charge in [0, 0.05) is 23.6 Å². The van der Waals surface area contributed by atoms with Crippen molar-refractivity contribution in [3.8, 4) is 11.4 Å². The van der Waals surface area contributed by atoms with Gasteiger partial charge in [-0.25, -0.2) is 0 Å². The number of aryl methyl sites for hydroxylation is 1. The smallest absolute Gasteiger partial charge is 0.237 e. The maximum atomic E-state index is 12.8. The van der Waals surface area contributed by atoms with Crippen LogP contribution < -0.4 is 5.32 Å². The van der Waals surface area contributed by atoms with E-state index in [1.54, 1.807) is 18.7 Å². The Balaban J connectivity index is 1.58. The summed E-state index contributed by atoms with van der Waals surface area (Å²) in [6.07, 6.45) is 5.07. The molecule has 7 nitrogen and oxygen atoms in total. The van der Waals surface area contributed by atoms with Crippen LogP contribution in [0.5, 0.6) is 0 Å². The zero-order valence-corrected chi connectivity index (χ0v) is 17.5. The van der Waals surface area contributed by atoms with Crippen molar-refractivity contribution in [1.82, 2.24) is 19.7 Å². The third kappa shape index (κ3) is 4.44. The molecule has 0 saturated carbocycles.